The fourth-order valence-electron chi connectivity index (χ4n) is 4.31. The Bertz CT molecular complexity index is 709. The van der Waals surface area contributed by atoms with Crippen LogP contribution in [0.15, 0.2) is 54.6 Å². The summed E-state index contributed by atoms with van der Waals surface area (Å²) in [7, 11) is 0. The van der Waals surface area contributed by atoms with E-state index in [1.54, 1.807) is 0 Å². The fourth-order valence-corrected chi connectivity index (χ4v) is 4.31. The zero-order chi connectivity index (χ0) is 19.1. The lowest BCUT2D eigenvalue weighted by atomic mass is 9.94. The first-order valence-electron chi connectivity index (χ1n) is 10.1. The van der Waals surface area contributed by atoms with Gasteiger partial charge in [0.05, 0.1) is 13.1 Å². The van der Waals surface area contributed by atoms with Crippen LogP contribution in [0.25, 0.3) is 0 Å². The van der Waals surface area contributed by atoms with Gasteiger partial charge in [-0.25, -0.2) is 0 Å². The van der Waals surface area contributed by atoms with Crippen LogP contribution in [-0.4, -0.2) is 55.0 Å². The maximum atomic E-state index is 11.0. The molecule has 1 heterocycles. The molecule has 4 nitrogen and oxygen atoms in total. The third-order valence-electron chi connectivity index (χ3n) is 5.87. The Morgan fingerprint density at radius 3 is 2.24 bits per heavy atom. The molecule has 0 bridgehead atoms. The molecular weight excluding hydrogens is 407 g/mol. The normalized spacial score (nSPS) is 17.3. The topological polar surface area (TPSA) is 41.5 Å². The second kappa shape index (κ2) is 12.4. The van der Waals surface area contributed by atoms with E-state index in [9.17, 15) is 5.11 Å². The van der Waals surface area contributed by atoms with Crippen LogP contribution in [0.4, 0.5) is 0 Å². The monoisotopic (exact) mass is 441 g/mol. The van der Waals surface area contributed by atoms with Crippen molar-refractivity contribution < 1.29 is 14.3 Å². The Kier molecular flexibility index (Phi) is 11.0. The Morgan fingerprint density at radius 1 is 1.00 bits per heavy atom. The number of quaternary nitrogens is 1. The smallest absolute Gasteiger partial charge is 0.141 e. The van der Waals surface area contributed by atoms with Crippen molar-refractivity contribution in [3.05, 3.63) is 65.7 Å². The van der Waals surface area contributed by atoms with Gasteiger partial charge in [0.15, 0.2) is 0 Å². The average molecular weight is 442 g/mol. The SMILES string of the molecule is CCC(O)C(c1ccccc1)[N+]1(CCOc2ccccc2C)CCNCC1.Cl.Cl. The number of hydrogen-bond acceptors (Lipinski definition) is 3. The summed E-state index contributed by atoms with van der Waals surface area (Å²) in [6.07, 6.45) is 0.398. The maximum Gasteiger partial charge on any atom is 0.141 e. The molecule has 29 heavy (non-hydrogen) atoms. The minimum atomic E-state index is -0.357. The minimum Gasteiger partial charge on any atom is -0.487 e. The van der Waals surface area contributed by atoms with Gasteiger partial charge < -0.3 is 19.6 Å². The first kappa shape index (κ1) is 25.7. The van der Waals surface area contributed by atoms with Crippen molar-refractivity contribution in [2.45, 2.75) is 32.4 Å². The second-order valence-electron chi connectivity index (χ2n) is 7.58. The summed E-state index contributed by atoms with van der Waals surface area (Å²) >= 11 is 0. The van der Waals surface area contributed by atoms with Crippen molar-refractivity contribution >= 4 is 24.8 Å². The highest BCUT2D eigenvalue weighted by molar-refractivity contribution is 5.85. The second-order valence-corrected chi connectivity index (χ2v) is 7.58. The van der Waals surface area contributed by atoms with Gasteiger partial charge in [-0.05, 0) is 25.0 Å². The lowest BCUT2D eigenvalue weighted by Gasteiger charge is -2.49. The zero-order valence-electron chi connectivity index (χ0n) is 17.4. The molecule has 1 aliphatic rings. The number of rotatable bonds is 8. The van der Waals surface area contributed by atoms with Crippen LogP contribution in [0, 0.1) is 6.92 Å². The number of benzene rings is 2. The number of aliphatic hydroxyl groups is 1. The molecule has 2 N–H and O–H groups in total. The van der Waals surface area contributed by atoms with Crippen LogP contribution in [0.3, 0.4) is 0 Å². The van der Waals surface area contributed by atoms with E-state index >= 15 is 0 Å². The van der Waals surface area contributed by atoms with Crippen LogP contribution >= 0.6 is 24.8 Å². The molecule has 2 aromatic rings. The number of piperazine rings is 1. The van der Waals surface area contributed by atoms with E-state index in [2.05, 4.69) is 49.5 Å². The van der Waals surface area contributed by atoms with Crippen LogP contribution in [-0.2, 0) is 0 Å². The van der Waals surface area contributed by atoms with E-state index in [1.807, 2.05) is 24.3 Å². The maximum absolute atomic E-state index is 11.0. The lowest BCUT2D eigenvalue weighted by Crippen LogP contribution is -2.63. The number of nitrogens with zero attached hydrogens (tertiary/aromatic N) is 1. The van der Waals surface area contributed by atoms with Gasteiger partial charge in [0, 0.05) is 18.7 Å². The third-order valence-corrected chi connectivity index (χ3v) is 5.87. The number of aliphatic hydroxyl groups excluding tert-OH is 1. The van der Waals surface area contributed by atoms with Gasteiger partial charge in [-0.3, -0.25) is 0 Å². The van der Waals surface area contributed by atoms with Gasteiger partial charge in [-0.15, -0.1) is 24.8 Å². The van der Waals surface area contributed by atoms with E-state index in [1.165, 1.54) is 5.56 Å². The highest BCUT2D eigenvalue weighted by atomic mass is 35.5. The van der Waals surface area contributed by atoms with Gasteiger partial charge in [0.25, 0.3) is 0 Å². The van der Waals surface area contributed by atoms with Gasteiger partial charge in [-0.2, -0.15) is 0 Å². The van der Waals surface area contributed by atoms with Crippen molar-refractivity contribution in [1.29, 1.82) is 0 Å². The summed E-state index contributed by atoms with van der Waals surface area (Å²) in [5.74, 6) is 0.957. The molecule has 2 aromatic carbocycles. The first-order valence-corrected chi connectivity index (χ1v) is 10.1. The average Bonchev–Trinajstić information content (AvgIpc) is 2.71. The Labute approximate surface area is 187 Å². The largest absolute Gasteiger partial charge is 0.487 e. The van der Waals surface area contributed by atoms with Crippen molar-refractivity contribution in [3.63, 3.8) is 0 Å². The van der Waals surface area contributed by atoms with Gasteiger partial charge in [0.2, 0.25) is 0 Å². The minimum absolute atomic E-state index is 0. The summed E-state index contributed by atoms with van der Waals surface area (Å²) in [5.41, 5.74) is 2.39. The van der Waals surface area contributed by atoms with Gasteiger partial charge in [-0.1, -0.05) is 55.5 Å². The van der Waals surface area contributed by atoms with Crippen molar-refractivity contribution in [2.24, 2.45) is 0 Å². The lowest BCUT2D eigenvalue weighted by molar-refractivity contribution is -0.962. The molecule has 0 spiro atoms. The number of para-hydroxylation sites is 1. The molecular formula is C23H35Cl2N2O2+. The summed E-state index contributed by atoms with van der Waals surface area (Å²) in [5, 5.41) is 14.5. The predicted octanol–water partition coefficient (Wildman–Crippen LogP) is 4.15. The van der Waals surface area contributed by atoms with Crippen molar-refractivity contribution in [1.82, 2.24) is 5.32 Å². The number of nitrogens with one attached hydrogen (secondary N) is 1. The Hall–Kier alpha value is -1.30. The Morgan fingerprint density at radius 2 is 1.62 bits per heavy atom. The molecule has 2 atom stereocenters. The Balaban J connectivity index is 0.00000210. The molecule has 0 aliphatic carbocycles. The van der Waals surface area contributed by atoms with E-state index in [0.29, 0.717) is 6.61 Å². The van der Waals surface area contributed by atoms with Gasteiger partial charge in [0.1, 0.15) is 31.0 Å². The van der Waals surface area contributed by atoms with E-state index < -0.39 is 0 Å². The van der Waals surface area contributed by atoms with Gasteiger partial charge >= 0.3 is 0 Å². The van der Waals surface area contributed by atoms with E-state index in [-0.39, 0.29) is 37.0 Å². The summed E-state index contributed by atoms with van der Waals surface area (Å²) in [6, 6.07) is 18.8. The summed E-state index contributed by atoms with van der Waals surface area (Å²) < 4.78 is 7.02. The standard InChI is InChI=1S/C23H33N2O2.2ClH/c1-3-21(26)23(20-10-5-4-6-11-20)25(15-13-24-14-16-25)17-18-27-22-12-8-7-9-19(22)2;;/h4-12,21,23-24,26H,3,13-18H2,1-2H3;2*1H/q+1;;. The summed E-state index contributed by atoms with van der Waals surface area (Å²) in [4.78, 5) is 0. The molecule has 0 saturated carbocycles. The molecule has 1 saturated heterocycles. The molecule has 1 aliphatic heterocycles. The molecule has 3 rings (SSSR count). The van der Waals surface area contributed by atoms with Crippen molar-refractivity contribution in [2.75, 3.05) is 39.3 Å². The highest BCUT2D eigenvalue weighted by Crippen LogP contribution is 2.34. The summed E-state index contributed by atoms with van der Waals surface area (Å²) in [6.45, 7) is 9.67. The highest BCUT2D eigenvalue weighted by Gasteiger charge is 2.42. The van der Waals surface area contributed by atoms with Crippen molar-refractivity contribution in [3.8, 4) is 5.75 Å². The van der Waals surface area contributed by atoms with Crippen LogP contribution < -0.4 is 10.1 Å². The molecule has 6 heteroatoms. The van der Waals surface area contributed by atoms with Crippen LogP contribution in [0.1, 0.15) is 30.5 Å². The van der Waals surface area contributed by atoms with Crippen LogP contribution in [0.5, 0.6) is 5.75 Å². The number of ether oxygens (including phenoxy) is 1. The molecule has 0 amide bonds. The third kappa shape index (κ3) is 6.34. The molecule has 0 radical (unpaired) electrons. The fraction of sp³-hybridized carbons (Fsp3) is 0.478. The quantitative estimate of drug-likeness (QED) is 0.604. The number of halogens is 2. The first-order chi connectivity index (χ1) is 13.2. The molecule has 162 valence electrons. The van der Waals surface area contributed by atoms with Crippen LogP contribution in [0.2, 0.25) is 0 Å². The van der Waals surface area contributed by atoms with E-state index in [0.717, 1.165) is 54.9 Å². The zero-order valence-corrected chi connectivity index (χ0v) is 19.1. The number of aryl methyl sites for hydroxylation is 1. The molecule has 1 fully saturated rings. The molecule has 2 unspecified atom stereocenters. The van der Waals surface area contributed by atoms with E-state index in [4.69, 9.17) is 4.74 Å². The number of hydrogen-bond donors (Lipinski definition) is 2. The molecule has 0 aromatic heterocycles. The predicted molar refractivity (Wildman–Crippen MR) is 124 cm³/mol.